The van der Waals surface area contributed by atoms with Crippen LogP contribution >= 0.6 is 0 Å². The standard InChI is InChI=1S/2BH4.ClH.Na.Ni/h2*1H4;1H;;/q2*-1;;+1;+2/p-1. The quantitative estimate of drug-likeness (QED) is 0.298. The first-order valence-corrected chi connectivity index (χ1v) is 0. The minimum Gasteiger partial charge on any atom is -1.00 e. The third kappa shape index (κ3) is 24.7. The van der Waals surface area contributed by atoms with E-state index in [1.165, 1.54) is 0 Å². The molecule has 0 saturated heterocycles. The van der Waals surface area contributed by atoms with E-state index in [0.29, 0.717) is 0 Å². The summed E-state index contributed by atoms with van der Waals surface area (Å²) in [5.41, 5.74) is 0. The summed E-state index contributed by atoms with van der Waals surface area (Å²) in [6, 6.07) is 0. The monoisotopic (exact) mass is 146 g/mol. The Morgan fingerprint density at radius 3 is 0.800 bits per heavy atom. The van der Waals surface area contributed by atoms with Crippen LogP contribution in [0.25, 0.3) is 0 Å². The van der Waals surface area contributed by atoms with Gasteiger partial charge in [-0.1, -0.05) is 16.8 Å². The van der Waals surface area contributed by atoms with Gasteiger partial charge in [-0.2, -0.15) is 0 Å². The van der Waals surface area contributed by atoms with Crippen molar-refractivity contribution >= 4 is 16.8 Å². The molecule has 0 spiro atoms. The molecule has 0 fully saturated rings. The molecule has 0 N–H and O–H groups in total. The number of hydrogen-bond donors (Lipinski definition) is 0. The van der Waals surface area contributed by atoms with Gasteiger partial charge in [0.1, 0.15) is 0 Å². The molecule has 0 aromatic carbocycles. The fourth-order valence-electron chi connectivity index (χ4n) is 0. The zero-order chi connectivity index (χ0) is 0. The van der Waals surface area contributed by atoms with Crippen LogP contribution in [-0.4, -0.2) is 16.8 Å². The van der Waals surface area contributed by atoms with E-state index in [9.17, 15) is 0 Å². The van der Waals surface area contributed by atoms with Crippen molar-refractivity contribution in [3.05, 3.63) is 0 Å². The van der Waals surface area contributed by atoms with E-state index in [2.05, 4.69) is 0 Å². The van der Waals surface area contributed by atoms with Gasteiger partial charge in [-0.25, -0.2) is 0 Å². The van der Waals surface area contributed by atoms with Crippen LogP contribution in [0.3, 0.4) is 0 Å². The average Bonchev–Trinajstić information content (AvgIpc) is 0. The van der Waals surface area contributed by atoms with Gasteiger partial charge in [0.15, 0.2) is 0 Å². The number of halogens is 1. The Morgan fingerprint density at radius 2 is 0.800 bits per heavy atom. The van der Waals surface area contributed by atoms with Crippen molar-refractivity contribution in [1.29, 1.82) is 0 Å². The molecular formula is H8B2ClNaNi. The van der Waals surface area contributed by atoms with E-state index in [1.54, 1.807) is 0 Å². The fourth-order valence-corrected chi connectivity index (χ4v) is 0. The molecule has 0 atom stereocenters. The summed E-state index contributed by atoms with van der Waals surface area (Å²) in [4.78, 5) is 0. The third-order valence-corrected chi connectivity index (χ3v) is 0. The smallest absolute Gasteiger partial charge is 1.00 e. The van der Waals surface area contributed by atoms with Crippen molar-refractivity contribution in [3.63, 3.8) is 0 Å². The second-order valence-corrected chi connectivity index (χ2v) is 0. The van der Waals surface area contributed by atoms with Crippen LogP contribution in [0.15, 0.2) is 0 Å². The summed E-state index contributed by atoms with van der Waals surface area (Å²) in [6.45, 7) is 0. The molecule has 0 aliphatic heterocycles. The van der Waals surface area contributed by atoms with Gasteiger partial charge < -0.3 is 12.4 Å². The van der Waals surface area contributed by atoms with Crippen molar-refractivity contribution in [1.82, 2.24) is 0 Å². The zero-order valence-electron chi connectivity index (χ0n) is 1.69. The van der Waals surface area contributed by atoms with Gasteiger partial charge in [-0.3, -0.25) is 0 Å². The van der Waals surface area contributed by atoms with Crippen LogP contribution in [0.4, 0.5) is 0 Å². The number of rotatable bonds is 0. The molecule has 0 heterocycles. The predicted octanol–water partition coefficient (Wildman–Crippen LogP) is -8.90. The first kappa shape index (κ1) is 66.0. The molecule has 5 heteroatoms. The first-order chi connectivity index (χ1) is 0. The van der Waals surface area contributed by atoms with E-state index in [-0.39, 0.29) is 75.3 Å². The minimum atomic E-state index is 0. The van der Waals surface area contributed by atoms with E-state index in [0.717, 1.165) is 0 Å². The molecule has 5 heavy (non-hydrogen) atoms. The molecular weight excluding hydrogens is 139 g/mol. The van der Waals surface area contributed by atoms with Crippen LogP contribution in [-0.2, 0) is 16.5 Å². The Labute approximate surface area is 74.6 Å². The van der Waals surface area contributed by atoms with Crippen molar-refractivity contribution in [2.24, 2.45) is 0 Å². The zero-order valence-corrected chi connectivity index (χ0v) is 5.44. The van der Waals surface area contributed by atoms with E-state index >= 15 is 0 Å². The molecule has 32 valence electrons. The molecule has 0 bridgehead atoms. The van der Waals surface area contributed by atoms with Crippen molar-refractivity contribution in [3.8, 4) is 0 Å². The fraction of sp³-hybridized carbons (Fsp3) is 0. The van der Waals surface area contributed by atoms with E-state index in [1.807, 2.05) is 0 Å². The van der Waals surface area contributed by atoms with Gasteiger partial charge in [0, 0.05) is 0 Å². The maximum Gasteiger partial charge on any atom is 2.00 e. The normalized spacial score (nSPS) is 0. The minimum absolute atomic E-state index is 0. The van der Waals surface area contributed by atoms with Gasteiger partial charge in [0.2, 0.25) is 0 Å². The van der Waals surface area contributed by atoms with Crippen molar-refractivity contribution < 1.29 is 58.5 Å². The van der Waals surface area contributed by atoms with Crippen LogP contribution in [0.1, 0.15) is 0 Å². The second-order valence-electron chi connectivity index (χ2n) is 0. The SMILES string of the molecule is [BH4-].[BH4-].[Cl-].[Na+].[Ni+2]. The van der Waals surface area contributed by atoms with Gasteiger partial charge in [0.05, 0.1) is 0 Å². The van der Waals surface area contributed by atoms with Crippen LogP contribution in [0.2, 0.25) is 0 Å². The van der Waals surface area contributed by atoms with Gasteiger partial charge in [-0.15, -0.1) is 0 Å². The van der Waals surface area contributed by atoms with Crippen LogP contribution in [0.5, 0.6) is 0 Å². The second kappa shape index (κ2) is 39.0. The maximum absolute atomic E-state index is 0. The molecule has 0 aliphatic rings. The molecule has 0 aromatic heterocycles. The summed E-state index contributed by atoms with van der Waals surface area (Å²) in [6.07, 6.45) is 0. The number of hydrogen-bond acceptors (Lipinski definition) is 0. The molecule has 0 saturated carbocycles. The topological polar surface area (TPSA) is 0 Å². The summed E-state index contributed by atoms with van der Waals surface area (Å²) < 4.78 is 0. The predicted molar refractivity (Wildman–Crippen MR) is 22.7 cm³/mol. The Balaban J connectivity index is 0. The summed E-state index contributed by atoms with van der Waals surface area (Å²) in [5.74, 6) is 0. The molecule has 0 unspecified atom stereocenters. The molecule has 0 rings (SSSR count). The van der Waals surface area contributed by atoms with Gasteiger partial charge in [-0.05, 0) is 0 Å². The van der Waals surface area contributed by atoms with Gasteiger partial charge in [0.25, 0.3) is 0 Å². The largest absolute Gasteiger partial charge is 2.00 e. The van der Waals surface area contributed by atoms with Gasteiger partial charge >= 0.3 is 46.0 Å². The maximum atomic E-state index is 0. The van der Waals surface area contributed by atoms with E-state index < -0.39 is 0 Å². The first-order valence-electron chi connectivity index (χ1n) is 0. The third-order valence-electron chi connectivity index (χ3n) is 0. The Kier molecular flexibility index (Phi) is 515. The summed E-state index contributed by atoms with van der Waals surface area (Å²) in [7, 11) is 0. The van der Waals surface area contributed by atoms with Crippen molar-refractivity contribution in [2.45, 2.75) is 0 Å². The summed E-state index contributed by atoms with van der Waals surface area (Å²) >= 11 is 0. The molecule has 0 aromatic rings. The Hall–Kier alpha value is 1.91. The Morgan fingerprint density at radius 1 is 0.800 bits per heavy atom. The van der Waals surface area contributed by atoms with Crippen molar-refractivity contribution in [2.75, 3.05) is 0 Å². The average molecular weight is 147 g/mol. The van der Waals surface area contributed by atoms with Crippen LogP contribution in [0, 0.1) is 0 Å². The molecule has 0 amide bonds. The molecule has 0 aliphatic carbocycles. The molecule has 0 nitrogen and oxygen atoms in total. The Bertz CT molecular complexity index is 9.61. The van der Waals surface area contributed by atoms with Crippen LogP contribution < -0.4 is 42.0 Å². The molecule has 0 radical (unpaired) electrons. The summed E-state index contributed by atoms with van der Waals surface area (Å²) in [5, 5.41) is 0. The van der Waals surface area contributed by atoms with E-state index in [4.69, 9.17) is 0 Å².